The van der Waals surface area contributed by atoms with Crippen molar-refractivity contribution in [2.45, 2.75) is 0 Å². The van der Waals surface area contributed by atoms with Gasteiger partial charge in [0, 0.05) is 54.6 Å². The molecule has 13 rings (SSSR count). The van der Waals surface area contributed by atoms with Gasteiger partial charge in [-0.1, -0.05) is 158 Å². The van der Waals surface area contributed by atoms with Crippen molar-refractivity contribution >= 4 is 65.6 Å². The number of rotatable bonds is 6. The van der Waals surface area contributed by atoms with Gasteiger partial charge in [0.2, 0.25) is 0 Å². The van der Waals surface area contributed by atoms with Crippen molar-refractivity contribution in [1.82, 2.24) is 23.9 Å². The maximum absolute atomic E-state index is 6.41. The molecule has 4 heterocycles. The fraction of sp³-hybridized carbons (Fsp3) is 0. The highest BCUT2D eigenvalue weighted by atomic mass is 16.3. The van der Waals surface area contributed by atoms with E-state index in [0.29, 0.717) is 0 Å². The van der Waals surface area contributed by atoms with Crippen LogP contribution < -0.4 is 0 Å². The minimum absolute atomic E-state index is 0.785. The average Bonchev–Trinajstić information content (AvgIpc) is 4.11. The van der Waals surface area contributed by atoms with Gasteiger partial charge in [-0.05, 0) is 54.6 Å². The van der Waals surface area contributed by atoms with E-state index in [9.17, 15) is 0 Å². The lowest BCUT2D eigenvalue weighted by molar-refractivity contribution is 0.669. The molecule has 0 fully saturated rings. The second kappa shape index (κ2) is 13.5. The van der Waals surface area contributed by atoms with E-state index in [2.05, 4.69) is 184 Å². The first-order valence-electron chi connectivity index (χ1n) is 20.9. The molecule has 62 heavy (non-hydrogen) atoms. The molecule has 4 aromatic heterocycles. The number of benzene rings is 9. The van der Waals surface area contributed by atoms with Crippen LogP contribution in [0.15, 0.2) is 217 Å². The Morgan fingerprint density at radius 1 is 0.323 bits per heavy atom. The average molecular weight is 794 g/mol. The highest BCUT2D eigenvalue weighted by Crippen LogP contribution is 2.44. The molecular formula is C56H35N5O. The Kier molecular flexibility index (Phi) is 7.50. The smallest absolute Gasteiger partial charge is 0.168 e. The van der Waals surface area contributed by atoms with Gasteiger partial charge in [0.15, 0.2) is 11.6 Å². The molecule has 9 aromatic carbocycles. The van der Waals surface area contributed by atoms with Crippen LogP contribution in [0.25, 0.3) is 117 Å². The molecule has 0 amide bonds. The van der Waals surface area contributed by atoms with Gasteiger partial charge in [0.25, 0.3) is 0 Å². The molecule has 290 valence electrons. The van der Waals surface area contributed by atoms with Gasteiger partial charge >= 0.3 is 0 Å². The molecule has 0 radical (unpaired) electrons. The summed E-state index contributed by atoms with van der Waals surface area (Å²) in [5.41, 5.74) is 13.7. The molecule has 6 nitrogen and oxygen atoms in total. The topological polar surface area (TPSA) is 53.7 Å². The molecule has 0 atom stereocenters. The number of furan rings is 1. The number of hydrogen-bond acceptors (Lipinski definition) is 3. The predicted octanol–water partition coefficient (Wildman–Crippen LogP) is 14.4. The predicted molar refractivity (Wildman–Crippen MR) is 254 cm³/mol. The minimum atomic E-state index is 0.785. The summed E-state index contributed by atoms with van der Waals surface area (Å²) in [4.78, 5) is 0. The van der Waals surface area contributed by atoms with Gasteiger partial charge in [-0.25, -0.2) is 0 Å². The number of aromatic nitrogens is 5. The normalized spacial score (nSPS) is 11.9. The van der Waals surface area contributed by atoms with Crippen LogP contribution in [0.3, 0.4) is 0 Å². The van der Waals surface area contributed by atoms with Crippen LogP contribution in [0.2, 0.25) is 0 Å². The molecular weight excluding hydrogens is 759 g/mol. The van der Waals surface area contributed by atoms with Crippen LogP contribution in [-0.4, -0.2) is 23.9 Å². The second-order valence-corrected chi connectivity index (χ2v) is 15.8. The minimum Gasteiger partial charge on any atom is -0.456 e. The van der Waals surface area contributed by atoms with Crippen LogP contribution >= 0.6 is 0 Å². The van der Waals surface area contributed by atoms with Gasteiger partial charge in [-0.3, -0.25) is 4.57 Å². The van der Waals surface area contributed by atoms with Gasteiger partial charge in [0.1, 0.15) is 11.2 Å². The molecule has 13 aromatic rings. The summed E-state index contributed by atoms with van der Waals surface area (Å²) in [7, 11) is 0. The van der Waals surface area contributed by atoms with Crippen molar-refractivity contribution in [2.75, 3.05) is 0 Å². The van der Waals surface area contributed by atoms with Crippen molar-refractivity contribution in [3.63, 3.8) is 0 Å². The molecule has 0 aliphatic rings. The summed E-state index contributed by atoms with van der Waals surface area (Å²) in [5.74, 6) is 1.57. The van der Waals surface area contributed by atoms with Crippen LogP contribution in [0.5, 0.6) is 0 Å². The fourth-order valence-electron chi connectivity index (χ4n) is 9.76. The highest BCUT2D eigenvalue weighted by Gasteiger charge is 2.24. The summed E-state index contributed by atoms with van der Waals surface area (Å²) in [6, 6.07) is 75.2. The number of fused-ring (bicyclic) bond motifs is 10. The first-order chi connectivity index (χ1) is 30.8. The zero-order valence-corrected chi connectivity index (χ0v) is 33.4. The first kappa shape index (κ1) is 34.4. The lowest BCUT2D eigenvalue weighted by atomic mass is 10.0. The molecule has 0 N–H and O–H groups in total. The Bertz CT molecular complexity index is 3810. The van der Waals surface area contributed by atoms with Crippen LogP contribution in [0.4, 0.5) is 0 Å². The van der Waals surface area contributed by atoms with Crippen molar-refractivity contribution in [2.24, 2.45) is 0 Å². The Morgan fingerprint density at radius 3 is 1.52 bits per heavy atom. The van der Waals surface area contributed by atoms with Gasteiger partial charge in [-0.15, -0.1) is 10.2 Å². The quantitative estimate of drug-likeness (QED) is 0.168. The van der Waals surface area contributed by atoms with E-state index in [0.717, 1.165) is 95.0 Å². The van der Waals surface area contributed by atoms with E-state index in [1.165, 1.54) is 21.5 Å². The van der Waals surface area contributed by atoms with E-state index in [1.807, 2.05) is 42.5 Å². The first-order valence-corrected chi connectivity index (χ1v) is 20.9. The van der Waals surface area contributed by atoms with E-state index in [1.54, 1.807) is 0 Å². The monoisotopic (exact) mass is 793 g/mol. The molecule has 0 spiro atoms. The Morgan fingerprint density at radius 2 is 0.839 bits per heavy atom. The summed E-state index contributed by atoms with van der Waals surface area (Å²) in [6.07, 6.45) is 0. The Hall–Kier alpha value is -8.48. The summed E-state index contributed by atoms with van der Waals surface area (Å²) in [5, 5.41) is 16.6. The SMILES string of the molecule is c1ccc(-c2nnc(-c3ccccc3)n2-c2ccc3c4ccccc4n(-c4ccccc4-c4ccccc4-n4c5ccccc5c5c6c(ccc54)oc4ccccc46)c3c2)cc1. The van der Waals surface area contributed by atoms with Crippen molar-refractivity contribution in [1.29, 1.82) is 0 Å². The third kappa shape index (κ3) is 5.04. The molecule has 0 aliphatic carbocycles. The van der Waals surface area contributed by atoms with E-state index >= 15 is 0 Å². The highest BCUT2D eigenvalue weighted by molar-refractivity contribution is 6.27. The molecule has 0 bridgehead atoms. The largest absolute Gasteiger partial charge is 0.456 e. The van der Waals surface area contributed by atoms with Crippen LogP contribution in [-0.2, 0) is 0 Å². The van der Waals surface area contributed by atoms with Crippen molar-refractivity contribution in [3.8, 4) is 51.0 Å². The van der Waals surface area contributed by atoms with E-state index in [4.69, 9.17) is 14.6 Å². The summed E-state index contributed by atoms with van der Waals surface area (Å²) >= 11 is 0. The Labute approximate surface area is 355 Å². The molecule has 0 aliphatic heterocycles. The van der Waals surface area contributed by atoms with Crippen molar-refractivity contribution in [3.05, 3.63) is 212 Å². The lowest BCUT2D eigenvalue weighted by Gasteiger charge is -2.19. The summed E-state index contributed by atoms with van der Waals surface area (Å²) in [6.45, 7) is 0. The molecule has 0 saturated heterocycles. The van der Waals surface area contributed by atoms with Crippen molar-refractivity contribution < 1.29 is 4.42 Å². The standard InChI is InChI=1S/C56H35N5O/c1-3-17-36(18-4-1)55-57-58-56(37-19-5-2-6-20-37)59(55)38-31-32-42-41-23-9-14-28-47(41)61(50(42)35-38)46-27-13-8-22-40(46)39-21-7-12-26-45(39)60-48-29-15-10-24-43(48)53-49(60)33-34-52-54(53)44-25-11-16-30-51(44)62-52/h1-35H. The van der Waals surface area contributed by atoms with Crippen LogP contribution in [0.1, 0.15) is 0 Å². The Balaban J connectivity index is 1.07. The second-order valence-electron chi connectivity index (χ2n) is 15.8. The molecule has 0 unspecified atom stereocenters. The van der Waals surface area contributed by atoms with Gasteiger partial charge in [0.05, 0.1) is 39.1 Å². The van der Waals surface area contributed by atoms with Crippen LogP contribution in [0, 0.1) is 0 Å². The zero-order valence-electron chi connectivity index (χ0n) is 33.4. The third-order valence-electron chi connectivity index (χ3n) is 12.4. The number of hydrogen-bond donors (Lipinski definition) is 0. The zero-order chi connectivity index (χ0) is 40.7. The molecule has 6 heteroatoms. The maximum Gasteiger partial charge on any atom is 0.168 e. The maximum atomic E-state index is 6.41. The number of nitrogens with zero attached hydrogens (tertiary/aromatic N) is 5. The lowest BCUT2D eigenvalue weighted by Crippen LogP contribution is -2.03. The fourth-order valence-corrected chi connectivity index (χ4v) is 9.76. The van der Waals surface area contributed by atoms with Gasteiger partial charge in [-0.2, -0.15) is 0 Å². The third-order valence-corrected chi connectivity index (χ3v) is 12.4. The summed E-state index contributed by atoms with van der Waals surface area (Å²) < 4.78 is 13.5. The number of para-hydroxylation sites is 5. The van der Waals surface area contributed by atoms with Gasteiger partial charge < -0.3 is 13.6 Å². The van der Waals surface area contributed by atoms with E-state index < -0.39 is 0 Å². The van der Waals surface area contributed by atoms with E-state index in [-0.39, 0.29) is 0 Å². The molecule has 0 saturated carbocycles.